The van der Waals surface area contributed by atoms with Gasteiger partial charge in [0.1, 0.15) is 18.6 Å². The van der Waals surface area contributed by atoms with Gasteiger partial charge in [-0.05, 0) is 186 Å². The van der Waals surface area contributed by atoms with E-state index in [1.165, 1.54) is 83.7 Å². The smallest absolute Gasteiger partial charge is 0.312 e. The number of hydrogen-bond acceptors (Lipinski definition) is 21. The maximum atomic E-state index is 12.1. The third kappa shape index (κ3) is 35.9. The van der Waals surface area contributed by atoms with Crippen LogP contribution in [-0.2, 0) is 46.4 Å². The fraction of sp³-hybridized carbons (Fsp3) is 0.541. The number of aliphatic hydroxyl groups is 1. The van der Waals surface area contributed by atoms with Gasteiger partial charge < -0.3 is 28.9 Å². The van der Waals surface area contributed by atoms with Crippen LogP contribution in [0.15, 0.2) is 117 Å². The predicted octanol–water partition coefficient (Wildman–Crippen LogP) is 19.2. The molecule has 6 saturated carbocycles. The normalized spacial score (nSPS) is 15.4. The average molecular weight is 1680 g/mol. The molecule has 3 atom stereocenters. The number of carbonyl (C=O) groups is 3. The van der Waals surface area contributed by atoms with Gasteiger partial charge in [-0.25, -0.2) is 4.85 Å². The standard InChI is InChI=1S/C22H26N6O2.C16H16N6.C15H17N5O2.2C7H9N.C5H10NO2P.C5H10O.C5H8O.C2H7P.CH2Cl2/c1-22(2,3)21(29)30-14-27-9-7-18-19(12-24-26-20(18)27)16-11-25-28(13-16)17(6-8-23)10-15-4-5-15;17-5-3-13(7-11-1-2-11)22-10-12(8-20-22)15-9-19-21-16-14(15)4-6-18-16;1-15(2,3)14(21)22-9-20-5-4-11-12(8-18-19-13(11)20)10-6-16-17-7-10;1-8-6-2-3-7-4-5-7;8-6-2-1-3-7-4-5-7;1-3-8-9(2,7)5-4-6;2*6-4-3-5-1-2-5;1-3-2;2-1-3/h7,9,11-13,15,17H,4-6,10,14H2,1-3H3;4,6,8-11,13H,1-3,7H2,(H,18,21);4-8H,9H2,1-3H3,(H,16,17);2,6-7H,3-5H2;1-2,7H,3-5H2;3,5H2,1-2H3;5-6H,1-4H2;4-5H,1-3H2;3H,1-2H3;1H2/b;;;6-2+;2-1+;;;;;. The van der Waals surface area contributed by atoms with Crippen molar-refractivity contribution in [3.8, 4) is 57.7 Å². The lowest BCUT2D eigenvalue weighted by Gasteiger charge is -2.16. The first kappa shape index (κ1) is 96.0. The molecular formula is C85H114Cl2N20O8P2. The molecule has 0 spiro atoms. The number of alkyl halides is 2. The van der Waals surface area contributed by atoms with Crippen LogP contribution in [0.3, 0.4) is 0 Å². The summed E-state index contributed by atoms with van der Waals surface area (Å²) in [5.41, 5.74) is 6.73. The number of H-pyrrole nitrogens is 2. The van der Waals surface area contributed by atoms with Crippen molar-refractivity contribution in [2.24, 2.45) is 46.3 Å². The Morgan fingerprint density at radius 1 is 0.667 bits per heavy atom. The summed E-state index contributed by atoms with van der Waals surface area (Å²) in [5.74, 6) is 4.48. The molecule has 9 aromatic rings. The molecule has 0 radical (unpaired) electrons. The quantitative estimate of drug-likeness (QED) is 0.0113. The number of hydrogen-bond donors (Lipinski definition) is 3. The van der Waals surface area contributed by atoms with Gasteiger partial charge in [-0.2, -0.15) is 51.6 Å². The summed E-state index contributed by atoms with van der Waals surface area (Å²) in [6.45, 7) is 25.9. The number of fused-ring (bicyclic) bond motifs is 3. The van der Waals surface area contributed by atoms with Crippen molar-refractivity contribution in [3.05, 3.63) is 128 Å². The Hall–Kier alpha value is -9.81. The number of aliphatic hydroxyl groups excluding tert-OH is 1. The molecule has 9 aromatic heterocycles. The molecule has 28 nitrogen and oxygen atoms in total. The second-order valence-electron chi connectivity index (χ2n) is 31.5. The largest absolute Gasteiger partial charge is 0.443 e. The van der Waals surface area contributed by atoms with Gasteiger partial charge in [-0.1, -0.05) is 50.7 Å². The first-order valence-corrected chi connectivity index (χ1v) is 45.1. The van der Waals surface area contributed by atoms with E-state index < -0.39 is 18.2 Å². The molecular weight excluding hydrogens is 1560 g/mol. The highest BCUT2D eigenvalue weighted by Crippen LogP contribution is 2.42. The molecule has 0 saturated heterocycles. The van der Waals surface area contributed by atoms with Crippen LogP contribution in [0.1, 0.15) is 189 Å². The van der Waals surface area contributed by atoms with Crippen molar-refractivity contribution < 1.29 is 38.1 Å². The van der Waals surface area contributed by atoms with Crippen LogP contribution in [0.5, 0.6) is 0 Å². The van der Waals surface area contributed by atoms with Crippen molar-refractivity contribution in [1.29, 1.82) is 21.0 Å². The number of nitrogens with zero attached hydrogens (tertiary/aromatic N) is 18. The van der Waals surface area contributed by atoms with E-state index in [4.69, 9.17) is 64.7 Å². The van der Waals surface area contributed by atoms with Gasteiger partial charge in [0.05, 0.1) is 116 Å². The Morgan fingerprint density at radius 2 is 1.12 bits per heavy atom. The minimum Gasteiger partial charge on any atom is -0.443 e. The Labute approximate surface area is 699 Å². The molecule has 0 amide bonds. The summed E-state index contributed by atoms with van der Waals surface area (Å²) in [7, 11) is -1.47. The van der Waals surface area contributed by atoms with Gasteiger partial charge in [0, 0.05) is 112 Å². The third-order valence-corrected chi connectivity index (χ3v) is 20.4. The molecule has 626 valence electrons. The third-order valence-electron chi connectivity index (χ3n) is 18.8. The monoisotopic (exact) mass is 1670 g/mol. The fourth-order valence-electron chi connectivity index (χ4n) is 11.3. The highest BCUT2D eigenvalue weighted by atomic mass is 35.5. The van der Waals surface area contributed by atoms with Crippen molar-refractivity contribution in [2.75, 3.05) is 44.7 Å². The second kappa shape index (κ2) is 50.7. The van der Waals surface area contributed by atoms with E-state index in [1.807, 2.05) is 131 Å². The summed E-state index contributed by atoms with van der Waals surface area (Å²) < 4.78 is 33.9. The molecule has 32 heteroatoms. The SMILES string of the molecule is CC(C)(C)C(=O)OCn1ccc2c(-c3cn[nH]c3)cnnc21.CC(C)(C)C(=O)OCn1ccc2c(-c3cnn(C(CC#N)CC4CC4)c3)cnnc21.CCOP(C)(=O)CC#N.CPC.ClCCl.N#C/C=C/CC1CC1.N#CCC(CC1CC1)n1cc(-c2cnnc3[nH]ccc23)cn1.O=CCC1CC1.OCCC1CC1.[C-]#[N+]/C=C/CC1CC1. The van der Waals surface area contributed by atoms with Crippen molar-refractivity contribution in [3.63, 3.8) is 0 Å². The van der Waals surface area contributed by atoms with Crippen LogP contribution >= 0.6 is 39.2 Å². The molecule has 0 aromatic carbocycles. The number of nitrogens with one attached hydrogen (secondary N) is 2. The van der Waals surface area contributed by atoms with Crippen molar-refractivity contribution in [2.45, 2.75) is 202 Å². The maximum Gasteiger partial charge on any atom is 0.312 e. The summed E-state index contributed by atoms with van der Waals surface area (Å²) in [5, 5.41) is 86.2. The van der Waals surface area contributed by atoms with Crippen LogP contribution < -0.4 is 0 Å². The van der Waals surface area contributed by atoms with Crippen LogP contribution in [0.25, 0.3) is 71.3 Å². The molecule has 0 bridgehead atoms. The Bertz CT molecular complexity index is 4770. The van der Waals surface area contributed by atoms with Crippen LogP contribution in [0, 0.1) is 98.2 Å². The highest BCUT2D eigenvalue weighted by Gasteiger charge is 2.30. The number of aldehydes is 1. The van der Waals surface area contributed by atoms with E-state index in [-0.39, 0.29) is 49.0 Å². The number of nitriles is 4. The number of esters is 2. The second-order valence-corrected chi connectivity index (χ2v) is 35.9. The van der Waals surface area contributed by atoms with E-state index in [0.717, 1.165) is 144 Å². The van der Waals surface area contributed by atoms with E-state index in [2.05, 4.69) is 86.3 Å². The average Bonchev–Trinajstić information content (AvgIpc) is 1.65. The van der Waals surface area contributed by atoms with Crippen LogP contribution in [0.4, 0.5) is 0 Å². The van der Waals surface area contributed by atoms with Gasteiger partial charge in [0.25, 0.3) is 0 Å². The van der Waals surface area contributed by atoms with Gasteiger partial charge in [-0.3, -0.25) is 37.8 Å². The lowest BCUT2D eigenvalue weighted by Crippen LogP contribution is -2.23. The number of allylic oxidation sites excluding steroid dienone is 3. The number of ether oxygens (including phenoxy) is 2. The molecule has 9 heterocycles. The summed E-state index contributed by atoms with van der Waals surface area (Å²) in [6.07, 6.45) is 52.9. The zero-order chi connectivity index (χ0) is 85.2. The van der Waals surface area contributed by atoms with Gasteiger partial charge in [0.2, 0.25) is 7.37 Å². The minimum absolute atomic E-state index is 0.0147. The molecule has 0 aliphatic heterocycles. The number of rotatable bonds is 26. The molecule has 15 rings (SSSR count). The molecule has 6 fully saturated rings. The van der Waals surface area contributed by atoms with Gasteiger partial charge in [-0.15, -0.1) is 47.1 Å². The van der Waals surface area contributed by atoms with Crippen molar-refractivity contribution >= 4 is 90.5 Å². The Morgan fingerprint density at radius 3 is 1.50 bits per heavy atom. The first-order chi connectivity index (χ1) is 56.4. The number of aromatic nitrogens is 15. The lowest BCUT2D eigenvalue weighted by molar-refractivity contribution is -0.157. The lowest BCUT2D eigenvalue weighted by atomic mass is 9.97. The molecule has 3 N–H and O–H groups in total. The van der Waals surface area contributed by atoms with Crippen LogP contribution in [-0.4, -0.2) is 143 Å². The predicted molar refractivity (Wildman–Crippen MR) is 459 cm³/mol. The number of aromatic amines is 2. The van der Waals surface area contributed by atoms with Gasteiger partial charge in [0.15, 0.2) is 30.4 Å². The minimum atomic E-state index is -2.55. The van der Waals surface area contributed by atoms with E-state index >= 15 is 0 Å². The molecule has 6 aliphatic carbocycles. The summed E-state index contributed by atoms with van der Waals surface area (Å²) >= 11 is 9.53. The highest BCUT2D eigenvalue weighted by molar-refractivity contribution is 7.58. The number of halogens is 2. The summed E-state index contributed by atoms with van der Waals surface area (Å²) in [6, 6.07) is 14.5. The first-order valence-electron chi connectivity index (χ1n) is 39.8. The zero-order valence-electron chi connectivity index (χ0n) is 69.1. The zero-order valence-corrected chi connectivity index (χ0v) is 72.5. The topological polar surface area (TPSA) is 383 Å². The van der Waals surface area contributed by atoms with E-state index in [1.54, 1.807) is 65.4 Å². The van der Waals surface area contributed by atoms with Crippen LogP contribution in [0.2, 0.25) is 0 Å². The Balaban J connectivity index is 0.000000219. The van der Waals surface area contributed by atoms with E-state index in [9.17, 15) is 24.2 Å². The molecule has 117 heavy (non-hydrogen) atoms. The van der Waals surface area contributed by atoms with E-state index in [0.29, 0.717) is 37.3 Å². The summed E-state index contributed by atoms with van der Waals surface area (Å²) in [4.78, 5) is 39.8. The van der Waals surface area contributed by atoms with Gasteiger partial charge >= 0.3 is 11.9 Å². The molecule has 6 aliphatic rings. The number of carbonyl (C=O) groups excluding carboxylic acids is 3. The molecule has 3 unspecified atom stereocenters. The fourth-order valence-corrected chi connectivity index (χ4v) is 12.2. The van der Waals surface area contributed by atoms with Crippen molar-refractivity contribution in [1.82, 2.24) is 74.5 Å². The Kier molecular flexibility index (Phi) is 41.6. The maximum absolute atomic E-state index is 12.1.